The highest BCUT2D eigenvalue weighted by molar-refractivity contribution is 7.92. The Bertz CT molecular complexity index is 964. The molecule has 0 radical (unpaired) electrons. The highest BCUT2D eigenvalue weighted by Gasteiger charge is 2.21. The summed E-state index contributed by atoms with van der Waals surface area (Å²) < 4.78 is 48.4. The minimum Gasteiger partial charge on any atom is -0.277 e. The summed E-state index contributed by atoms with van der Waals surface area (Å²) in [5.74, 6) is -1.84. The minimum absolute atomic E-state index is 0.00496. The molecule has 2 rings (SSSR count). The predicted molar refractivity (Wildman–Crippen MR) is 92.9 cm³/mol. The van der Waals surface area contributed by atoms with Crippen molar-refractivity contribution in [2.75, 3.05) is 5.75 Å². The van der Waals surface area contributed by atoms with Gasteiger partial charge >= 0.3 is 0 Å². The van der Waals surface area contributed by atoms with Gasteiger partial charge in [-0.2, -0.15) is 0 Å². The molecule has 7 nitrogen and oxygen atoms in total. The van der Waals surface area contributed by atoms with Gasteiger partial charge in [-0.05, 0) is 38.1 Å². The third-order valence-corrected chi connectivity index (χ3v) is 6.25. The van der Waals surface area contributed by atoms with Crippen LogP contribution in [0.15, 0.2) is 58.3 Å². The highest BCUT2D eigenvalue weighted by Crippen LogP contribution is 2.12. The molecule has 0 heterocycles. The molecule has 2 aromatic carbocycles. The summed E-state index contributed by atoms with van der Waals surface area (Å²) in [5, 5.41) is 0. The molecule has 2 N–H and O–H groups in total. The molecule has 0 unspecified atom stereocenters. The SMILES string of the molecule is Cc1ccc(S(=O)(=O)CC(=O)NNS(=O)(=O)c2ccc(C)cc2)cc1. The second-order valence-corrected chi connectivity index (χ2v) is 9.21. The van der Waals surface area contributed by atoms with Crippen molar-refractivity contribution in [3.05, 3.63) is 59.7 Å². The van der Waals surface area contributed by atoms with Crippen LogP contribution in [0.5, 0.6) is 0 Å². The number of sulfonamides is 1. The Morgan fingerprint density at radius 1 is 0.800 bits per heavy atom. The van der Waals surface area contributed by atoms with E-state index in [0.717, 1.165) is 11.1 Å². The van der Waals surface area contributed by atoms with Crippen LogP contribution < -0.4 is 10.3 Å². The number of carbonyl (C=O) groups is 1. The molecule has 0 fully saturated rings. The molecule has 2 aromatic rings. The molecule has 0 atom stereocenters. The van der Waals surface area contributed by atoms with Crippen LogP contribution in [0.3, 0.4) is 0 Å². The molecule has 25 heavy (non-hydrogen) atoms. The van der Waals surface area contributed by atoms with Crippen molar-refractivity contribution in [1.29, 1.82) is 0 Å². The third-order valence-electron chi connectivity index (χ3n) is 3.36. The number of hydrazine groups is 1. The van der Waals surface area contributed by atoms with Crippen LogP contribution in [-0.4, -0.2) is 28.5 Å². The Kier molecular flexibility index (Phi) is 5.61. The normalized spacial score (nSPS) is 11.9. The zero-order valence-electron chi connectivity index (χ0n) is 13.7. The van der Waals surface area contributed by atoms with Crippen molar-refractivity contribution >= 4 is 25.8 Å². The summed E-state index contributed by atoms with van der Waals surface area (Å²) in [7, 11) is -7.84. The molecule has 134 valence electrons. The third kappa shape index (κ3) is 5.12. The molecular weight excluding hydrogens is 364 g/mol. The van der Waals surface area contributed by atoms with E-state index in [2.05, 4.69) is 0 Å². The molecule has 0 aromatic heterocycles. The van der Waals surface area contributed by atoms with Crippen molar-refractivity contribution in [3.63, 3.8) is 0 Å². The maximum Gasteiger partial charge on any atom is 0.257 e. The van der Waals surface area contributed by atoms with E-state index in [1.165, 1.54) is 24.3 Å². The van der Waals surface area contributed by atoms with E-state index in [1.807, 2.05) is 24.1 Å². The van der Waals surface area contributed by atoms with Gasteiger partial charge in [-0.3, -0.25) is 10.2 Å². The standard InChI is InChI=1S/C16H18N2O5S2/c1-12-3-7-14(8-4-12)24(20,21)11-16(19)17-18-25(22,23)15-9-5-13(2)6-10-15/h3-10,18H,11H2,1-2H3,(H,17,19). The quantitative estimate of drug-likeness (QED) is 0.727. The smallest absolute Gasteiger partial charge is 0.257 e. The number of rotatable bonds is 6. The van der Waals surface area contributed by atoms with E-state index < -0.39 is 31.5 Å². The fraction of sp³-hybridized carbons (Fsp3) is 0.188. The fourth-order valence-electron chi connectivity index (χ4n) is 1.94. The van der Waals surface area contributed by atoms with Crippen LogP contribution in [0, 0.1) is 13.8 Å². The van der Waals surface area contributed by atoms with Crippen LogP contribution in [0.25, 0.3) is 0 Å². The van der Waals surface area contributed by atoms with Gasteiger partial charge in [-0.15, -0.1) is 4.83 Å². The first kappa shape index (κ1) is 19.1. The number of carbonyl (C=O) groups excluding carboxylic acids is 1. The molecule has 9 heteroatoms. The van der Waals surface area contributed by atoms with Crippen LogP contribution in [0.4, 0.5) is 0 Å². The number of amides is 1. The molecule has 0 bridgehead atoms. The molecule has 0 aliphatic rings. The minimum atomic E-state index is -3.97. The lowest BCUT2D eigenvalue weighted by Gasteiger charge is -2.09. The highest BCUT2D eigenvalue weighted by atomic mass is 32.2. The summed E-state index contributed by atoms with van der Waals surface area (Å²) in [6, 6.07) is 12.0. The van der Waals surface area contributed by atoms with Crippen LogP contribution in [-0.2, 0) is 24.7 Å². The van der Waals surface area contributed by atoms with Gasteiger partial charge < -0.3 is 0 Å². The number of nitrogens with one attached hydrogen (secondary N) is 2. The lowest BCUT2D eigenvalue weighted by atomic mass is 10.2. The molecule has 0 saturated carbocycles. The number of aryl methyl sites for hydroxylation is 2. The van der Waals surface area contributed by atoms with Gasteiger partial charge in [-0.1, -0.05) is 35.4 Å². The molecule has 0 saturated heterocycles. The number of benzene rings is 2. The van der Waals surface area contributed by atoms with Crippen molar-refractivity contribution in [3.8, 4) is 0 Å². The van der Waals surface area contributed by atoms with E-state index in [1.54, 1.807) is 24.3 Å². The van der Waals surface area contributed by atoms with Crippen molar-refractivity contribution in [1.82, 2.24) is 10.3 Å². The van der Waals surface area contributed by atoms with E-state index in [4.69, 9.17) is 0 Å². The summed E-state index contributed by atoms with van der Waals surface area (Å²) in [5.41, 5.74) is 3.68. The topological polar surface area (TPSA) is 109 Å². The maximum atomic E-state index is 12.1. The second kappa shape index (κ2) is 7.34. The average molecular weight is 382 g/mol. The molecule has 0 aliphatic carbocycles. The second-order valence-electron chi connectivity index (χ2n) is 5.54. The Balaban J connectivity index is 2.02. The number of hydrogen-bond acceptors (Lipinski definition) is 5. The Hall–Kier alpha value is -2.23. The predicted octanol–water partition coefficient (Wildman–Crippen LogP) is 1.09. The summed E-state index contributed by atoms with van der Waals surface area (Å²) >= 11 is 0. The van der Waals surface area contributed by atoms with Gasteiger partial charge in [0.25, 0.3) is 15.9 Å². The van der Waals surface area contributed by atoms with Crippen molar-refractivity contribution < 1.29 is 21.6 Å². The molecular formula is C16H18N2O5S2. The lowest BCUT2D eigenvalue weighted by molar-refractivity contribution is -0.119. The van der Waals surface area contributed by atoms with Gasteiger partial charge in [0.05, 0.1) is 9.79 Å². The van der Waals surface area contributed by atoms with Gasteiger partial charge in [0, 0.05) is 0 Å². The lowest BCUT2D eigenvalue weighted by Crippen LogP contribution is -2.44. The Labute approximate surface area is 147 Å². The van der Waals surface area contributed by atoms with Gasteiger partial charge in [0.15, 0.2) is 9.84 Å². The average Bonchev–Trinajstić information content (AvgIpc) is 2.53. The van der Waals surface area contributed by atoms with Gasteiger partial charge in [0.1, 0.15) is 5.75 Å². The van der Waals surface area contributed by atoms with Crippen LogP contribution in [0.2, 0.25) is 0 Å². The summed E-state index contributed by atoms with van der Waals surface area (Å²) in [6.45, 7) is 3.62. The van der Waals surface area contributed by atoms with Crippen LogP contribution in [0.1, 0.15) is 11.1 Å². The number of hydrogen-bond donors (Lipinski definition) is 2. The Morgan fingerprint density at radius 3 is 1.72 bits per heavy atom. The summed E-state index contributed by atoms with van der Waals surface area (Å²) in [4.78, 5) is 13.7. The van der Waals surface area contributed by atoms with Gasteiger partial charge in [0.2, 0.25) is 0 Å². The molecule has 0 spiro atoms. The van der Waals surface area contributed by atoms with Crippen LogP contribution >= 0.6 is 0 Å². The van der Waals surface area contributed by atoms with E-state index in [-0.39, 0.29) is 9.79 Å². The zero-order valence-corrected chi connectivity index (χ0v) is 15.3. The Morgan fingerprint density at radius 2 is 1.24 bits per heavy atom. The fourth-order valence-corrected chi connectivity index (χ4v) is 3.93. The summed E-state index contributed by atoms with van der Waals surface area (Å²) in [6.07, 6.45) is 0. The largest absolute Gasteiger partial charge is 0.277 e. The van der Waals surface area contributed by atoms with E-state index in [0.29, 0.717) is 0 Å². The van der Waals surface area contributed by atoms with Gasteiger partial charge in [-0.25, -0.2) is 16.8 Å². The first-order valence-electron chi connectivity index (χ1n) is 7.27. The van der Waals surface area contributed by atoms with Crippen molar-refractivity contribution in [2.45, 2.75) is 23.6 Å². The zero-order chi connectivity index (χ0) is 18.7. The van der Waals surface area contributed by atoms with Crippen molar-refractivity contribution in [2.24, 2.45) is 0 Å². The molecule has 1 amide bonds. The molecule has 0 aliphatic heterocycles. The van der Waals surface area contributed by atoms with E-state index >= 15 is 0 Å². The maximum absolute atomic E-state index is 12.1. The monoisotopic (exact) mass is 382 g/mol. The number of sulfone groups is 1. The van der Waals surface area contributed by atoms with E-state index in [9.17, 15) is 21.6 Å². The first-order chi connectivity index (χ1) is 11.6. The first-order valence-corrected chi connectivity index (χ1v) is 10.4.